The molecule has 2 aromatic carbocycles. The van der Waals surface area contributed by atoms with Gasteiger partial charge in [0.25, 0.3) is 0 Å². The van der Waals surface area contributed by atoms with E-state index < -0.39 is 0 Å². The second-order valence-electron chi connectivity index (χ2n) is 6.49. The Bertz CT molecular complexity index is 936. The fourth-order valence-corrected chi connectivity index (χ4v) is 2.95. The minimum absolute atomic E-state index is 0.0950. The molecule has 0 aliphatic rings. The van der Waals surface area contributed by atoms with Crippen LogP contribution in [0.5, 0.6) is 0 Å². The molecule has 0 aliphatic heterocycles. The van der Waals surface area contributed by atoms with Crippen LogP contribution in [-0.2, 0) is 4.79 Å². The summed E-state index contributed by atoms with van der Waals surface area (Å²) in [7, 11) is 0. The molecule has 7 nitrogen and oxygen atoms in total. The summed E-state index contributed by atoms with van der Waals surface area (Å²) in [5, 5.41) is 9.22. The summed E-state index contributed by atoms with van der Waals surface area (Å²) < 4.78 is 0. The number of carbonyl (C=O) groups excluding carboxylic acids is 1. The van der Waals surface area contributed by atoms with Crippen LogP contribution in [0.1, 0.15) is 20.8 Å². The molecule has 1 amide bonds. The van der Waals surface area contributed by atoms with E-state index >= 15 is 0 Å². The molecule has 3 N–H and O–H groups in total. The van der Waals surface area contributed by atoms with Crippen molar-refractivity contribution in [1.29, 1.82) is 0 Å². The standard InChI is InChI=1S/C22H26N6O/c1-4-28(5-2)20-12-10-19(11-13-20)26-22-23-15-14-21(27-22)25-18-8-6-17(7-9-18)24-16(3)29/h6-15H,4-5H2,1-3H3,(H,24,29)(H2,23,25,26,27). The second kappa shape index (κ2) is 9.54. The van der Waals surface area contributed by atoms with Crippen LogP contribution in [0.3, 0.4) is 0 Å². The Morgan fingerprint density at radius 1 is 0.862 bits per heavy atom. The highest BCUT2D eigenvalue weighted by Crippen LogP contribution is 2.21. The van der Waals surface area contributed by atoms with Gasteiger partial charge >= 0.3 is 0 Å². The maximum absolute atomic E-state index is 11.1. The van der Waals surface area contributed by atoms with E-state index in [0.29, 0.717) is 11.8 Å². The summed E-state index contributed by atoms with van der Waals surface area (Å²) in [6.45, 7) is 7.74. The van der Waals surface area contributed by atoms with Crippen LogP contribution in [0.25, 0.3) is 0 Å². The Kier molecular flexibility index (Phi) is 6.63. The molecular weight excluding hydrogens is 364 g/mol. The van der Waals surface area contributed by atoms with Crippen molar-refractivity contribution in [1.82, 2.24) is 9.97 Å². The van der Waals surface area contributed by atoms with Gasteiger partial charge in [-0.1, -0.05) is 0 Å². The van der Waals surface area contributed by atoms with Crippen molar-refractivity contribution in [3.05, 3.63) is 60.8 Å². The number of benzene rings is 2. The molecule has 0 atom stereocenters. The topological polar surface area (TPSA) is 82.2 Å². The summed E-state index contributed by atoms with van der Waals surface area (Å²) in [6.07, 6.45) is 1.70. The molecule has 29 heavy (non-hydrogen) atoms. The van der Waals surface area contributed by atoms with Crippen LogP contribution < -0.4 is 20.9 Å². The van der Waals surface area contributed by atoms with Crippen LogP contribution in [0, 0.1) is 0 Å². The Morgan fingerprint density at radius 2 is 1.45 bits per heavy atom. The Balaban J connectivity index is 1.65. The monoisotopic (exact) mass is 390 g/mol. The molecule has 1 aromatic heterocycles. The molecule has 3 aromatic rings. The number of carbonyl (C=O) groups is 1. The lowest BCUT2D eigenvalue weighted by molar-refractivity contribution is -0.114. The van der Waals surface area contributed by atoms with E-state index in [2.05, 4.69) is 56.8 Å². The Morgan fingerprint density at radius 3 is 2.07 bits per heavy atom. The van der Waals surface area contributed by atoms with Gasteiger partial charge in [-0.25, -0.2) is 4.98 Å². The van der Waals surface area contributed by atoms with Crippen LogP contribution in [-0.4, -0.2) is 29.0 Å². The molecule has 0 radical (unpaired) electrons. The van der Waals surface area contributed by atoms with Crippen LogP contribution in [0.4, 0.5) is 34.5 Å². The number of amides is 1. The van der Waals surface area contributed by atoms with Crippen molar-refractivity contribution in [2.24, 2.45) is 0 Å². The van der Waals surface area contributed by atoms with Crippen LogP contribution in [0.2, 0.25) is 0 Å². The fraction of sp³-hybridized carbons (Fsp3) is 0.227. The van der Waals surface area contributed by atoms with Gasteiger partial charge in [0.05, 0.1) is 0 Å². The van der Waals surface area contributed by atoms with Gasteiger partial charge in [-0.2, -0.15) is 4.98 Å². The van der Waals surface area contributed by atoms with Crippen LogP contribution >= 0.6 is 0 Å². The van der Waals surface area contributed by atoms with Crippen molar-refractivity contribution in [2.75, 3.05) is 33.9 Å². The summed E-state index contributed by atoms with van der Waals surface area (Å²) in [5.74, 6) is 1.09. The van der Waals surface area contributed by atoms with Gasteiger partial charge in [0, 0.05) is 49.0 Å². The summed E-state index contributed by atoms with van der Waals surface area (Å²) in [4.78, 5) is 22.2. The van der Waals surface area contributed by atoms with Gasteiger partial charge in [0.15, 0.2) is 0 Å². The predicted molar refractivity (Wildman–Crippen MR) is 119 cm³/mol. The average molecular weight is 390 g/mol. The zero-order valence-electron chi connectivity index (χ0n) is 16.9. The summed E-state index contributed by atoms with van der Waals surface area (Å²) >= 11 is 0. The number of aromatic nitrogens is 2. The molecule has 0 bridgehead atoms. The van der Waals surface area contributed by atoms with Gasteiger partial charge in [-0.3, -0.25) is 4.79 Å². The largest absolute Gasteiger partial charge is 0.372 e. The third-order valence-corrected chi connectivity index (χ3v) is 4.39. The van der Waals surface area contributed by atoms with Crippen molar-refractivity contribution in [3.8, 4) is 0 Å². The number of hydrogen-bond acceptors (Lipinski definition) is 6. The van der Waals surface area contributed by atoms with E-state index in [1.54, 1.807) is 12.3 Å². The first-order valence-corrected chi connectivity index (χ1v) is 9.67. The average Bonchev–Trinajstić information content (AvgIpc) is 2.72. The maximum atomic E-state index is 11.1. The van der Waals surface area contributed by atoms with Gasteiger partial charge in [-0.05, 0) is 68.4 Å². The van der Waals surface area contributed by atoms with Gasteiger partial charge < -0.3 is 20.9 Å². The van der Waals surface area contributed by atoms with E-state index in [1.165, 1.54) is 12.6 Å². The molecule has 7 heteroatoms. The maximum Gasteiger partial charge on any atom is 0.229 e. The third kappa shape index (κ3) is 5.68. The number of nitrogens with one attached hydrogen (secondary N) is 3. The van der Waals surface area contributed by atoms with Crippen molar-refractivity contribution < 1.29 is 4.79 Å². The molecule has 0 unspecified atom stereocenters. The lowest BCUT2D eigenvalue weighted by Gasteiger charge is -2.21. The molecule has 3 rings (SSSR count). The Labute approximate surface area is 171 Å². The number of hydrogen-bond donors (Lipinski definition) is 3. The lowest BCUT2D eigenvalue weighted by Crippen LogP contribution is -2.21. The molecule has 0 fully saturated rings. The smallest absolute Gasteiger partial charge is 0.229 e. The molecule has 0 aliphatic carbocycles. The zero-order chi connectivity index (χ0) is 20.6. The van der Waals surface area contributed by atoms with Gasteiger partial charge in [0.1, 0.15) is 5.82 Å². The molecule has 1 heterocycles. The van der Waals surface area contributed by atoms with Crippen molar-refractivity contribution in [3.63, 3.8) is 0 Å². The first-order valence-electron chi connectivity index (χ1n) is 9.67. The number of rotatable bonds is 8. The second-order valence-corrected chi connectivity index (χ2v) is 6.49. The minimum atomic E-state index is -0.0950. The van der Waals surface area contributed by atoms with Gasteiger partial charge in [-0.15, -0.1) is 0 Å². The minimum Gasteiger partial charge on any atom is -0.372 e. The highest BCUT2D eigenvalue weighted by atomic mass is 16.1. The molecule has 0 saturated heterocycles. The first-order chi connectivity index (χ1) is 14.1. The van der Waals surface area contributed by atoms with E-state index in [1.807, 2.05) is 36.4 Å². The van der Waals surface area contributed by atoms with Crippen molar-refractivity contribution in [2.45, 2.75) is 20.8 Å². The van der Waals surface area contributed by atoms with E-state index in [-0.39, 0.29) is 5.91 Å². The quantitative estimate of drug-likeness (QED) is 0.514. The predicted octanol–water partition coefficient (Wildman–Crippen LogP) is 4.77. The highest BCUT2D eigenvalue weighted by Gasteiger charge is 2.04. The highest BCUT2D eigenvalue weighted by molar-refractivity contribution is 5.88. The van der Waals surface area contributed by atoms with E-state index in [9.17, 15) is 4.79 Å². The normalized spacial score (nSPS) is 10.3. The summed E-state index contributed by atoms with van der Waals surface area (Å²) in [5.41, 5.74) is 3.74. The SMILES string of the molecule is CCN(CC)c1ccc(Nc2nccc(Nc3ccc(NC(C)=O)cc3)n2)cc1. The Hall–Kier alpha value is -3.61. The molecule has 150 valence electrons. The van der Waals surface area contributed by atoms with Crippen LogP contribution in [0.15, 0.2) is 60.8 Å². The third-order valence-electron chi connectivity index (χ3n) is 4.39. The van der Waals surface area contributed by atoms with Crippen molar-refractivity contribution >= 4 is 40.4 Å². The fourth-order valence-electron chi connectivity index (χ4n) is 2.95. The summed E-state index contributed by atoms with van der Waals surface area (Å²) in [6, 6.07) is 17.5. The molecule has 0 saturated carbocycles. The lowest BCUT2D eigenvalue weighted by atomic mass is 10.2. The van der Waals surface area contributed by atoms with E-state index in [4.69, 9.17) is 0 Å². The van der Waals surface area contributed by atoms with Gasteiger partial charge in [0.2, 0.25) is 11.9 Å². The number of nitrogens with zero attached hydrogens (tertiary/aromatic N) is 3. The first kappa shape index (κ1) is 20.1. The number of anilines is 6. The molecular formula is C22H26N6O. The molecule has 0 spiro atoms. The zero-order valence-corrected chi connectivity index (χ0v) is 16.9. The van der Waals surface area contributed by atoms with E-state index in [0.717, 1.165) is 30.2 Å².